The molecule has 0 amide bonds. The van der Waals surface area contributed by atoms with E-state index in [2.05, 4.69) is 5.32 Å². The van der Waals surface area contributed by atoms with Crippen LogP contribution in [0.3, 0.4) is 0 Å². The molecule has 2 nitrogen and oxygen atoms in total. The molecule has 0 radical (unpaired) electrons. The molecule has 3 heteroatoms. The fourth-order valence-electron chi connectivity index (χ4n) is 0.970. The first-order valence-corrected chi connectivity index (χ1v) is 4.04. The summed E-state index contributed by atoms with van der Waals surface area (Å²) in [6.45, 7) is 0.676. The summed E-state index contributed by atoms with van der Waals surface area (Å²) in [6.07, 6.45) is 3.42. The highest BCUT2D eigenvalue weighted by atomic mass is 19.1. The molecule has 0 bridgehead atoms. The van der Waals surface area contributed by atoms with Crippen LogP contribution in [0, 0.1) is 5.82 Å². The van der Waals surface area contributed by atoms with Crippen LogP contribution in [0.4, 0.5) is 4.39 Å². The van der Waals surface area contributed by atoms with Crippen molar-refractivity contribution in [1.82, 2.24) is 5.32 Å². The number of hydrogen-bond acceptors (Lipinski definition) is 2. The van der Waals surface area contributed by atoms with Crippen molar-refractivity contribution in [3.05, 3.63) is 35.7 Å². The minimum Gasteiger partial charge on any atom is -0.505 e. The summed E-state index contributed by atoms with van der Waals surface area (Å²) in [5, 5.41) is 11.9. The Hall–Kier alpha value is -1.35. The van der Waals surface area contributed by atoms with Crippen molar-refractivity contribution >= 4 is 6.08 Å². The molecule has 13 heavy (non-hydrogen) atoms. The average Bonchev–Trinajstić information content (AvgIpc) is 2.13. The Balaban J connectivity index is 2.83. The van der Waals surface area contributed by atoms with E-state index in [-0.39, 0.29) is 5.75 Å². The Morgan fingerprint density at radius 3 is 3.00 bits per heavy atom. The maximum Gasteiger partial charge on any atom is 0.171 e. The molecule has 0 spiro atoms. The summed E-state index contributed by atoms with van der Waals surface area (Å²) in [6, 6.07) is 4.55. The highest BCUT2D eigenvalue weighted by Crippen LogP contribution is 2.19. The summed E-state index contributed by atoms with van der Waals surface area (Å²) in [7, 11) is 1.81. The zero-order valence-corrected chi connectivity index (χ0v) is 7.42. The van der Waals surface area contributed by atoms with Crippen LogP contribution in [0.2, 0.25) is 0 Å². The average molecular weight is 181 g/mol. The molecule has 0 aliphatic rings. The number of phenolic OH excluding ortho intramolecular Hbond substituents is 1. The zero-order valence-electron chi connectivity index (χ0n) is 7.42. The number of nitrogens with one attached hydrogen (secondary N) is 1. The molecule has 0 heterocycles. The van der Waals surface area contributed by atoms with Gasteiger partial charge in [0, 0.05) is 12.1 Å². The van der Waals surface area contributed by atoms with Gasteiger partial charge in [-0.15, -0.1) is 0 Å². The zero-order chi connectivity index (χ0) is 9.68. The molecule has 0 unspecified atom stereocenters. The van der Waals surface area contributed by atoms with Crippen LogP contribution in [0.1, 0.15) is 5.56 Å². The molecule has 0 aliphatic heterocycles. The summed E-state index contributed by atoms with van der Waals surface area (Å²) in [4.78, 5) is 0. The summed E-state index contributed by atoms with van der Waals surface area (Å²) in [5.74, 6) is -0.888. The molecular weight excluding hydrogens is 169 g/mol. The highest BCUT2D eigenvalue weighted by molar-refractivity contribution is 5.52. The van der Waals surface area contributed by atoms with E-state index in [9.17, 15) is 4.39 Å². The smallest absolute Gasteiger partial charge is 0.171 e. The van der Waals surface area contributed by atoms with E-state index in [0.717, 1.165) is 0 Å². The second kappa shape index (κ2) is 4.62. The first-order chi connectivity index (χ1) is 6.25. The van der Waals surface area contributed by atoms with Gasteiger partial charge in [-0.3, -0.25) is 0 Å². The number of likely N-dealkylation sites (N-methyl/N-ethyl adjacent to an activating group) is 1. The first kappa shape index (κ1) is 9.74. The van der Waals surface area contributed by atoms with E-state index >= 15 is 0 Å². The maximum atomic E-state index is 13.1. The third-order valence-corrected chi connectivity index (χ3v) is 1.63. The second-order valence-corrected chi connectivity index (χ2v) is 2.64. The molecule has 1 aromatic rings. The second-order valence-electron chi connectivity index (χ2n) is 2.64. The lowest BCUT2D eigenvalue weighted by molar-refractivity contribution is 0.432. The van der Waals surface area contributed by atoms with Gasteiger partial charge in [-0.05, 0) is 13.1 Å². The molecule has 1 aromatic carbocycles. The van der Waals surface area contributed by atoms with Gasteiger partial charge in [0.15, 0.2) is 11.6 Å². The predicted molar refractivity (Wildman–Crippen MR) is 51.0 cm³/mol. The lowest BCUT2D eigenvalue weighted by Crippen LogP contribution is -2.03. The molecule has 0 aliphatic carbocycles. The van der Waals surface area contributed by atoms with Gasteiger partial charge < -0.3 is 10.4 Å². The van der Waals surface area contributed by atoms with Gasteiger partial charge in [-0.2, -0.15) is 0 Å². The standard InChI is InChI=1S/C10H12FNO/c1-12-7-3-5-8-4-2-6-9(13)10(8)11/h2-6,12-13H,7H2,1H3. The van der Waals surface area contributed by atoms with Crippen molar-refractivity contribution in [2.24, 2.45) is 0 Å². The van der Waals surface area contributed by atoms with Crippen molar-refractivity contribution < 1.29 is 9.50 Å². The molecule has 0 saturated carbocycles. The Labute approximate surface area is 76.7 Å². The van der Waals surface area contributed by atoms with Gasteiger partial charge in [0.1, 0.15) is 0 Å². The maximum absolute atomic E-state index is 13.1. The third kappa shape index (κ3) is 2.56. The normalized spacial score (nSPS) is 10.9. The molecule has 0 fully saturated rings. The minimum absolute atomic E-state index is 0.313. The Bertz CT molecular complexity index is 310. The lowest BCUT2D eigenvalue weighted by Gasteiger charge is -1.98. The Kier molecular flexibility index (Phi) is 3.46. The van der Waals surface area contributed by atoms with Gasteiger partial charge in [0.05, 0.1) is 0 Å². The van der Waals surface area contributed by atoms with Crippen molar-refractivity contribution in [3.8, 4) is 5.75 Å². The van der Waals surface area contributed by atoms with Gasteiger partial charge >= 0.3 is 0 Å². The number of phenols is 1. The van der Waals surface area contributed by atoms with Gasteiger partial charge in [-0.25, -0.2) is 4.39 Å². The molecule has 70 valence electrons. The van der Waals surface area contributed by atoms with Gasteiger partial charge in [0.25, 0.3) is 0 Å². The molecule has 1 rings (SSSR count). The van der Waals surface area contributed by atoms with E-state index < -0.39 is 5.82 Å². The molecule has 0 atom stereocenters. The van der Waals surface area contributed by atoms with E-state index in [4.69, 9.17) is 5.11 Å². The Morgan fingerprint density at radius 1 is 1.54 bits per heavy atom. The number of halogens is 1. The monoisotopic (exact) mass is 181 g/mol. The Morgan fingerprint density at radius 2 is 2.31 bits per heavy atom. The predicted octanol–water partition coefficient (Wildman–Crippen LogP) is 1.76. The number of hydrogen-bond donors (Lipinski definition) is 2. The first-order valence-electron chi connectivity index (χ1n) is 4.04. The van der Waals surface area contributed by atoms with Crippen molar-refractivity contribution in [2.75, 3.05) is 13.6 Å². The van der Waals surface area contributed by atoms with E-state index in [1.54, 1.807) is 24.3 Å². The van der Waals surface area contributed by atoms with Crippen molar-refractivity contribution in [3.63, 3.8) is 0 Å². The summed E-state index contributed by atoms with van der Waals surface area (Å²) < 4.78 is 13.1. The van der Waals surface area contributed by atoms with E-state index in [1.165, 1.54) is 6.07 Å². The quantitative estimate of drug-likeness (QED) is 0.744. The molecule has 0 saturated heterocycles. The molecule has 2 N–H and O–H groups in total. The SMILES string of the molecule is CNCC=Cc1cccc(O)c1F. The minimum atomic E-state index is -0.574. The van der Waals surface area contributed by atoms with Crippen LogP contribution in [-0.4, -0.2) is 18.7 Å². The van der Waals surface area contributed by atoms with Gasteiger partial charge in [0.2, 0.25) is 0 Å². The van der Waals surface area contributed by atoms with Crippen molar-refractivity contribution in [1.29, 1.82) is 0 Å². The fraction of sp³-hybridized carbons (Fsp3) is 0.200. The topological polar surface area (TPSA) is 32.3 Å². The number of aromatic hydroxyl groups is 1. The summed E-state index contributed by atoms with van der Waals surface area (Å²) >= 11 is 0. The summed E-state index contributed by atoms with van der Waals surface area (Å²) in [5.41, 5.74) is 0.398. The molecule has 0 aromatic heterocycles. The van der Waals surface area contributed by atoms with Crippen LogP contribution in [-0.2, 0) is 0 Å². The number of rotatable bonds is 3. The fourth-order valence-corrected chi connectivity index (χ4v) is 0.970. The lowest BCUT2D eigenvalue weighted by atomic mass is 10.2. The van der Waals surface area contributed by atoms with E-state index in [1.807, 2.05) is 7.05 Å². The highest BCUT2D eigenvalue weighted by Gasteiger charge is 2.02. The van der Waals surface area contributed by atoms with Crippen molar-refractivity contribution in [2.45, 2.75) is 0 Å². The van der Waals surface area contributed by atoms with Crippen LogP contribution >= 0.6 is 0 Å². The van der Waals surface area contributed by atoms with E-state index in [0.29, 0.717) is 12.1 Å². The van der Waals surface area contributed by atoms with Crippen LogP contribution in [0.5, 0.6) is 5.75 Å². The number of benzene rings is 1. The van der Waals surface area contributed by atoms with Crippen LogP contribution < -0.4 is 5.32 Å². The molecular formula is C10H12FNO. The largest absolute Gasteiger partial charge is 0.505 e. The van der Waals surface area contributed by atoms with Crippen LogP contribution in [0.25, 0.3) is 6.08 Å². The van der Waals surface area contributed by atoms with Crippen LogP contribution in [0.15, 0.2) is 24.3 Å². The third-order valence-electron chi connectivity index (χ3n) is 1.63. The van der Waals surface area contributed by atoms with Gasteiger partial charge in [-0.1, -0.05) is 24.3 Å².